The first-order valence-corrected chi connectivity index (χ1v) is 9.17. The molecule has 0 atom stereocenters. The van der Waals surface area contributed by atoms with Crippen molar-refractivity contribution in [3.05, 3.63) is 80.1 Å². The second kappa shape index (κ2) is 8.44. The average Bonchev–Trinajstić information content (AvgIpc) is 3.08. The first kappa shape index (κ1) is 19.2. The van der Waals surface area contributed by atoms with Crippen molar-refractivity contribution in [3.63, 3.8) is 0 Å². The standard InChI is InChI=1S/C18H17N5O4S/c19-14(24)8-13-11-28-17(20-13)21-15(25)10-23-16(26)6-7-22(18(23)27)9-12-4-2-1-3-5-12/h1-7,11H,8-10H2,(H2,19,24)(H,20,21,25). The molecule has 2 aromatic heterocycles. The Bertz CT molecular complexity index is 1120. The number of primary amides is 1. The van der Waals surface area contributed by atoms with Gasteiger partial charge in [0.1, 0.15) is 6.54 Å². The van der Waals surface area contributed by atoms with Crippen LogP contribution in [0.5, 0.6) is 0 Å². The Hall–Kier alpha value is -3.53. The van der Waals surface area contributed by atoms with E-state index in [9.17, 15) is 19.2 Å². The topological polar surface area (TPSA) is 129 Å². The number of hydrogen-bond acceptors (Lipinski definition) is 6. The maximum absolute atomic E-state index is 12.6. The summed E-state index contributed by atoms with van der Waals surface area (Å²) >= 11 is 1.12. The van der Waals surface area contributed by atoms with E-state index < -0.39 is 29.6 Å². The summed E-state index contributed by atoms with van der Waals surface area (Å²) in [5.74, 6) is -1.10. The van der Waals surface area contributed by atoms with Crippen LogP contribution in [0.1, 0.15) is 11.3 Å². The third-order valence-corrected chi connectivity index (χ3v) is 4.60. The van der Waals surface area contributed by atoms with Crippen LogP contribution in [0.3, 0.4) is 0 Å². The summed E-state index contributed by atoms with van der Waals surface area (Å²) in [5, 5.41) is 4.37. The van der Waals surface area contributed by atoms with E-state index in [0.717, 1.165) is 21.5 Å². The van der Waals surface area contributed by atoms with Gasteiger partial charge in [-0.2, -0.15) is 0 Å². The number of anilines is 1. The van der Waals surface area contributed by atoms with Crippen molar-refractivity contribution < 1.29 is 9.59 Å². The Kier molecular flexibility index (Phi) is 5.80. The van der Waals surface area contributed by atoms with Crippen LogP contribution < -0.4 is 22.3 Å². The molecule has 3 rings (SSSR count). The molecule has 144 valence electrons. The first-order valence-electron chi connectivity index (χ1n) is 8.29. The monoisotopic (exact) mass is 399 g/mol. The SMILES string of the molecule is NC(=O)Cc1csc(NC(=O)Cn2c(=O)ccn(Cc3ccccc3)c2=O)n1. The molecule has 1 aromatic carbocycles. The van der Waals surface area contributed by atoms with Gasteiger partial charge in [0.25, 0.3) is 5.56 Å². The Morgan fingerprint density at radius 2 is 1.89 bits per heavy atom. The van der Waals surface area contributed by atoms with Gasteiger partial charge in [-0.1, -0.05) is 30.3 Å². The lowest BCUT2D eigenvalue weighted by molar-refractivity contribution is -0.117. The van der Waals surface area contributed by atoms with E-state index in [4.69, 9.17) is 5.73 Å². The van der Waals surface area contributed by atoms with Crippen molar-refractivity contribution in [3.8, 4) is 0 Å². The minimum Gasteiger partial charge on any atom is -0.369 e. The molecule has 0 radical (unpaired) electrons. The normalized spacial score (nSPS) is 10.6. The predicted molar refractivity (Wildman–Crippen MR) is 104 cm³/mol. The van der Waals surface area contributed by atoms with Gasteiger partial charge in [0.15, 0.2) is 5.13 Å². The molecule has 0 fully saturated rings. The number of nitrogens with one attached hydrogen (secondary N) is 1. The molecule has 0 unspecified atom stereocenters. The fraction of sp³-hybridized carbons (Fsp3) is 0.167. The van der Waals surface area contributed by atoms with Gasteiger partial charge < -0.3 is 11.1 Å². The number of amides is 2. The number of rotatable bonds is 7. The minimum absolute atomic E-state index is 0.0330. The highest BCUT2D eigenvalue weighted by molar-refractivity contribution is 7.13. The Morgan fingerprint density at radius 3 is 2.61 bits per heavy atom. The zero-order valence-corrected chi connectivity index (χ0v) is 15.5. The van der Waals surface area contributed by atoms with Crippen LogP contribution in [-0.2, 0) is 29.1 Å². The van der Waals surface area contributed by atoms with Crippen LogP contribution >= 0.6 is 11.3 Å². The van der Waals surface area contributed by atoms with E-state index in [1.165, 1.54) is 16.8 Å². The maximum Gasteiger partial charge on any atom is 0.331 e. The molecule has 0 aliphatic carbocycles. The van der Waals surface area contributed by atoms with Crippen LogP contribution in [0, 0.1) is 0 Å². The first-order chi connectivity index (χ1) is 13.4. The fourth-order valence-corrected chi connectivity index (χ4v) is 3.26. The molecule has 0 bridgehead atoms. The summed E-state index contributed by atoms with van der Waals surface area (Å²) in [6.07, 6.45) is 1.37. The highest BCUT2D eigenvalue weighted by Gasteiger charge is 2.13. The van der Waals surface area contributed by atoms with Crippen molar-refractivity contribution in [2.75, 3.05) is 5.32 Å². The summed E-state index contributed by atoms with van der Waals surface area (Å²) < 4.78 is 2.22. The highest BCUT2D eigenvalue weighted by atomic mass is 32.1. The average molecular weight is 399 g/mol. The summed E-state index contributed by atoms with van der Waals surface area (Å²) in [6.45, 7) is -0.164. The number of carbonyl (C=O) groups is 2. The molecule has 2 heterocycles. The van der Waals surface area contributed by atoms with Crippen LogP contribution in [0.2, 0.25) is 0 Å². The smallest absolute Gasteiger partial charge is 0.331 e. The van der Waals surface area contributed by atoms with E-state index in [-0.39, 0.29) is 18.1 Å². The number of carbonyl (C=O) groups excluding carboxylic acids is 2. The third-order valence-electron chi connectivity index (χ3n) is 3.79. The fourth-order valence-electron chi connectivity index (χ4n) is 2.53. The lowest BCUT2D eigenvalue weighted by Gasteiger charge is -2.09. The molecular weight excluding hydrogens is 382 g/mol. The van der Waals surface area contributed by atoms with Crippen LogP contribution in [-0.4, -0.2) is 25.9 Å². The van der Waals surface area contributed by atoms with Gasteiger partial charge in [-0.3, -0.25) is 23.5 Å². The zero-order chi connectivity index (χ0) is 20.1. The number of benzene rings is 1. The third kappa shape index (κ3) is 4.80. The van der Waals surface area contributed by atoms with Gasteiger partial charge in [-0.25, -0.2) is 9.78 Å². The van der Waals surface area contributed by atoms with Crippen LogP contribution in [0.25, 0.3) is 0 Å². The van der Waals surface area contributed by atoms with Crippen molar-refractivity contribution in [2.45, 2.75) is 19.5 Å². The number of hydrogen-bond donors (Lipinski definition) is 2. The van der Waals surface area contributed by atoms with Gasteiger partial charge in [0.2, 0.25) is 11.8 Å². The molecule has 10 heteroatoms. The van der Waals surface area contributed by atoms with E-state index in [2.05, 4.69) is 10.3 Å². The molecule has 0 saturated heterocycles. The Labute approximate surface area is 163 Å². The van der Waals surface area contributed by atoms with Gasteiger partial charge in [-0.15, -0.1) is 11.3 Å². The number of thiazole rings is 1. The van der Waals surface area contributed by atoms with Crippen molar-refractivity contribution >= 4 is 28.3 Å². The van der Waals surface area contributed by atoms with Gasteiger partial charge in [0.05, 0.1) is 18.7 Å². The number of nitrogens with two attached hydrogens (primary N) is 1. The van der Waals surface area contributed by atoms with Gasteiger partial charge in [-0.05, 0) is 5.56 Å². The van der Waals surface area contributed by atoms with Crippen LogP contribution in [0.15, 0.2) is 57.6 Å². The summed E-state index contributed by atoms with van der Waals surface area (Å²) in [7, 11) is 0. The molecule has 3 N–H and O–H groups in total. The number of nitrogens with zero attached hydrogens (tertiary/aromatic N) is 3. The van der Waals surface area contributed by atoms with Crippen molar-refractivity contribution in [1.29, 1.82) is 0 Å². The summed E-state index contributed by atoms with van der Waals surface area (Å²) in [6, 6.07) is 10.5. The molecule has 3 aromatic rings. The van der Waals surface area contributed by atoms with Crippen molar-refractivity contribution in [1.82, 2.24) is 14.1 Å². The molecular formula is C18H17N5O4S. The van der Waals surface area contributed by atoms with E-state index in [1.54, 1.807) is 5.38 Å². The second-order valence-corrected chi connectivity index (χ2v) is 6.83. The quantitative estimate of drug-likeness (QED) is 0.586. The highest BCUT2D eigenvalue weighted by Crippen LogP contribution is 2.15. The molecule has 0 spiro atoms. The van der Waals surface area contributed by atoms with Crippen LogP contribution in [0.4, 0.5) is 5.13 Å². The molecule has 0 aliphatic heterocycles. The Morgan fingerprint density at radius 1 is 1.14 bits per heavy atom. The molecule has 0 aliphatic rings. The lowest BCUT2D eigenvalue weighted by atomic mass is 10.2. The molecule has 9 nitrogen and oxygen atoms in total. The molecule has 28 heavy (non-hydrogen) atoms. The summed E-state index contributed by atoms with van der Waals surface area (Å²) in [5.41, 5.74) is 5.28. The summed E-state index contributed by atoms with van der Waals surface area (Å²) in [4.78, 5) is 51.9. The predicted octanol–water partition coefficient (Wildman–Crippen LogP) is 0.181. The maximum atomic E-state index is 12.6. The second-order valence-electron chi connectivity index (χ2n) is 5.97. The van der Waals surface area contributed by atoms with Gasteiger partial charge in [0, 0.05) is 17.6 Å². The molecule has 2 amide bonds. The zero-order valence-electron chi connectivity index (χ0n) is 14.7. The van der Waals surface area contributed by atoms with E-state index in [1.807, 2.05) is 30.3 Å². The van der Waals surface area contributed by atoms with Gasteiger partial charge >= 0.3 is 5.69 Å². The lowest BCUT2D eigenvalue weighted by Crippen LogP contribution is -2.41. The van der Waals surface area contributed by atoms with E-state index >= 15 is 0 Å². The van der Waals surface area contributed by atoms with Crippen molar-refractivity contribution in [2.24, 2.45) is 5.73 Å². The number of aromatic nitrogens is 3. The van der Waals surface area contributed by atoms with E-state index in [0.29, 0.717) is 5.69 Å². The largest absolute Gasteiger partial charge is 0.369 e. The minimum atomic E-state index is -0.583. The molecule has 0 saturated carbocycles. The Balaban J connectivity index is 1.74.